The summed E-state index contributed by atoms with van der Waals surface area (Å²) in [6, 6.07) is 13.4. The maximum atomic E-state index is 12.2. The van der Waals surface area contributed by atoms with Crippen LogP contribution in [-0.4, -0.2) is 14.1 Å². The quantitative estimate of drug-likeness (QED) is 0.770. The van der Waals surface area contributed by atoms with Crippen LogP contribution in [0, 0.1) is 0 Å². The number of rotatable bonds is 6. The van der Waals surface area contributed by atoms with Crippen molar-refractivity contribution < 1.29 is 9.32 Å². The van der Waals surface area contributed by atoms with E-state index in [4.69, 9.17) is 11.6 Å². The summed E-state index contributed by atoms with van der Waals surface area (Å²) in [4.78, 5) is 1.88. The van der Waals surface area contributed by atoms with Crippen LogP contribution in [0.1, 0.15) is 31.9 Å². The molecule has 2 N–H and O–H groups in total. The second kappa shape index (κ2) is 8.50. The average molecular weight is 384 g/mol. The predicted molar refractivity (Wildman–Crippen MR) is 103 cm³/mol. The van der Waals surface area contributed by atoms with Gasteiger partial charge in [0.2, 0.25) is 0 Å². The van der Waals surface area contributed by atoms with E-state index in [-0.39, 0.29) is 11.4 Å². The van der Waals surface area contributed by atoms with Crippen molar-refractivity contribution in [2.24, 2.45) is 0 Å². The standard InChI is InChI=1S/C18H22ClNO2S2/c1-18(2,3)24(22)20-11-13-8-6-9-15(19)17(13)23-16-10-5-4-7-14(16)12-21/h4-10,20-21H,11-12H2,1-3H3. The Morgan fingerprint density at radius 2 is 1.79 bits per heavy atom. The van der Waals surface area contributed by atoms with E-state index in [0.29, 0.717) is 11.6 Å². The zero-order chi connectivity index (χ0) is 17.7. The molecule has 6 heteroatoms. The first kappa shape index (κ1) is 19.5. The largest absolute Gasteiger partial charge is 0.392 e. The molecule has 1 atom stereocenters. The molecule has 0 saturated carbocycles. The summed E-state index contributed by atoms with van der Waals surface area (Å²) >= 11 is 7.91. The second-order valence-electron chi connectivity index (χ2n) is 6.30. The fraction of sp³-hybridized carbons (Fsp3) is 0.333. The van der Waals surface area contributed by atoms with Gasteiger partial charge in [0.1, 0.15) is 0 Å². The molecule has 0 radical (unpaired) electrons. The van der Waals surface area contributed by atoms with Crippen molar-refractivity contribution in [2.45, 2.75) is 48.5 Å². The fourth-order valence-corrected chi connectivity index (χ4v) is 4.11. The highest BCUT2D eigenvalue weighted by Crippen LogP contribution is 2.37. The molecule has 24 heavy (non-hydrogen) atoms. The second-order valence-corrected chi connectivity index (χ2v) is 9.81. The van der Waals surface area contributed by atoms with Crippen LogP contribution in [0.4, 0.5) is 0 Å². The van der Waals surface area contributed by atoms with Gasteiger partial charge in [0.15, 0.2) is 0 Å². The van der Waals surface area contributed by atoms with E-state index in [1.807, 2.05) is 63.2 Å². The van der Waals surface area contributed by atoms with Gasteiger partial charge in [-0.2, -0.15) is 0 Å². The Bertz CT molecular complexity index is 729. The van der Waals surface area contributed by atoms with Crippen molar-refractivity contribution in [2.75, 3.05) is 0 Å². The molecule has 130 valence electrons. The number of nitrogens with one attached hydrogen (secondary N) is 1. The molecule has 0 aliphatic carbocycles. The zero-order valence-corrected chi connectivity index (χ0v) is 16.4. The highest BCUT2D eigenvalue weighted by molar-refractivity contribution is 7.99. The van der Waals surface area contributed by atoms with Gasteiger partial charge in [-0.25, -0.2) is 8.93 Å². The summed E-state index contributed by atoms with van der Waals surface area (Å²) in [6.45, 7) is 6.24. The first-order chi connectivity index (χ1) is 11.3. The van der Waals surface area contributed by atoms with Gasteiger partial charge in [0.25, 0.3) is 0 Å². The van der Waals surface area contributed by atoms with Gasteiger partial charge in [-0.1, -0.05) is 53.7 Å². The minimum absolute atomic E-state index is 0.0186. The SMILES string of the molecule is CC(C)(C)S(=O)NCc1cccc(Cl)c1Sc1ccccc1CO. The Morgan fingerprint density at radius 1 is 1.12 bits per heavy atom. The Morgan fingerprint density at radius 3 is 2.46 bits per heavy atom. The van der Waals surface area contributed by atoms with Gasteiger partial charge in [0.05, 0.1) is 27.4 Å². The molecule has 2 rings (SSSR count). The molecule has 0 fully saturated rings. The number of halogens is 1. The molecular formula is C18H22ClNO2S2. The van der Waals surface area contributed by atoms with Crippen LogP contribution in [-0.2, 0) is 24.1 Å². The number of aliphatic hydroxyl groups is 1. The van der Waals surface area contributed by atoms with Crippen molar-refractivity contribution in [1.29, 1.82) is 0 Å². The van der Waals surface area contributed by atoms with Crippen molar-refractivity contribution in [3.8, 4) is 0 Å². The molecular weight excluding hydrogens is 362 g/mol. The number of aliphatic hydroxyl groups excluding tert-OH is 1. The Kier molecular flexibility index (Phi) is 6.89. The average Bonchev–Trinajstić information content (AvgIpc) is 2.54. The van der Waals surface area contributed by atoms with E-state index in [2.05, 4.69) is 4.72 Å². The highest BCUT2D eigenvalue weighted by Gasteiger charge is 2.20. The molecule has 0 aliphatic rings. The van der Waals surface area contributed by atoms with Crippen LogP contribution in [0.15, 0.2) is 52.3 Å². The molecule has 0 spiro atoms. The molecule has 0 bridgehead atoms. The predicted octanol–water partition coefficient (Wildman–Crippen LogP) is 4.54. The minimum Gasteiger partial charge on any atom is -0.392 e. The van der Waals surface area contributed by atoms with Crippen LogP contribution in [0.5, 0.6) is 0 Å². The molecule has 1 unspecified atom stereocenters. The molecule has 2 aromatic rings. The van der Waals surface area contributed by atoms with Crippen molar-refractivity contribution >= 4 is 34.3 Å². The zero-order valence-electron chi connectivity index (χ0n) is 14.0. The molecule has 0 aliphatic heterocycles. The lowest BCUT2D eigenvalue weighted by molar-refractivity contribution is 0.279. The molecule has 3 nitrogen and oxygen atoms in total. The highest BCUT2D eigenvalue weighted by atomic mass is 35.5. The van der Waals surface area contributed by atoms with E-state index in [9.17, 15) is 9.32 Å². The van der Waals surface area contributed by atoms with E-state index in [1.54, 1.807) is 0 Å². The summed E-state index contributed by atoms with van der Waals surface area (Å²) in [6.07, 6.45) is 0. The molecule has 0 heterocycles. The molecule has 0 aromatic heterocycles. The normalized spacial score (nSPS) is 13.0. The summed E-state index contributed by atoms with van der Waals surface area (Å²) in [5, 5.41) is 10.1. The summed E-state index contributed by atoms with van der Waals surface area (Å²) in [7, 11) is -1.15. The third kappa shape index (κ3) is 5.07. The number of benzene rings is 2. The van der Waals surface area contributed by atoms with E-state index in [0.717, 1.165) is 20.9 Å². The van der Waals surface area contributed by atoms with Crippen LogP contribution >= 0.6 is 23.4 Å². The third-order valence-corrected chi connectivity index (χ3v) is 6.60. The smallest absolute Gasteiger partial charge is 0.0973 e. The van der Waals surface area contributed by atoms with Gasteiger partial charge in [0, 0.05) is 16.3 Å². The monoisotopic (exact) mass is 383 g/mol. The first-order valence-electron chi connectivity index (χ1n) is 7.62. The van der Waals surface area contributed by atoms with Gasteiger partial charge in [-0.15, -0.1) is 0 Å². The third-order valence-electron chi connectivity index (χ3n) is 3.35. The van der Waals surface area contributed by atoms with Crippen LogP contribution in [0.25, 0.3) is 0 Å². The number of hydrogen-bond donors (Lipinski definition) is 2. The van der Waals surface area contributed by atoms with Gasteiger partial charge in [-0.3, -0.25) is 0 Å². The Balaban J connectivity index is 2.25. The van der Waals surface area contributed by atoms with Crippen molar-refractivity contribution in [3.63, 3.8) is 0 Å². The molecule has 0 saturated heterocycles. The topological polar surface area (TPSA) is 49.3 Å². The van der Waals surface area contributed by atoms with E-state index >= 15 is 0 Å². The maximum Gasteiger partial charge on any atom is 0.0973 e. The minimum atomic E-state index is -1.15. The van der Waals surface area contributed by atoms with E-state index < -0.39 is 11.0 Å². The lowest BCUT2D eigenvalue weighted by Gasteiger charge is -2.19. The maximum absolute atomic E-state index is 12.2. The lowest BCUT2D eigenvalue weighted by atomic mass is 10.2. The van der Waals surface area contributed by atoms with Crippen LogP contribution in [0.2, 0.25) is 5.02 Å². The Hall–Kier alpha value is -0.850. The van der Waals surface area contributed by atoms with Gasteiger partial charge in [-0.05, 0) is 44.0 Å². The summed E-state index contributed by atoms with van der Waals surface area (Å²) in [5.41, 5.74) is 1.84. The van der Waals surface area contributed by atoms with E-state index in [1.165, 1.54) is 11.8 Å². The van der Waals surface area contributed by atoms with Crippen LogP contribution < -0.4 is 4.72 Å². The Labute approximate surface area is 155 Å². The summed E-state index contributed by atoms with van der Waals surface area (Å²) < 4.78 is 15.0. The van der Waals surface area contributed by atoms with Crippen molar-refractivity contribution in [1.82, 2.24) is 4.72 Å². The molecule has 0 amide bonds. The van der Waals surface area contributed by atoms with Gasteiger partial charge < -0.3 is 5.11 Å². The fourth-order valence-electron chi connectivity index (χ4n) is 2.01. The first-order valence-corrected chi connectivity index (χ1v) is 9.96. The number of hydrogen-bond acceptors (Lipinski definition) is 3. The summed E-state index contributed by atoms with van der Waals surface area (Å²) in [5.74, 6) is 0. The molecule has 2 aromatic carbocycles. The van der Waals surface area contributed by atoms with Crippen LogP contribution in [0.3, 0.4) is 0 Å². The lowest BCUT2D eigenvalue weighted by Crippen LogP contribution is -2.33. The van der Waals surface area contributed by atoms with Gasteiger partial charge >= 0.3 is 0 Å². The van der Waals surface area contributed by atoms with Crippen molar-refractivity contribution in [3.05, 3.63) is 58.6 Å².